The van der Waals surface area contributed by atoms with Gasteiger partial charge in [-0.05, 0) is 37.1 Å². The van der Waals surface area contributed by atoms with Crippen molar-refractivity contribution in [2.75, 3.05) is 18.4 Å². The second kappa shape index (κ2) is 8.44. The number of nitrogens with one attached hydrogen (secondary N) is 3. The molecule has 26 heavy (non-hydrogen) atoms. The Kier molecular flexibility index (Phi) is 5.80. The Balaban J connectivity index is 1.67. The van der Waals surface area contributed by atoms with Gasteiger partial charge in [0.2, 0.25) is 0 Å². The highest BCUT2D eigenvalue weighted by atomic mass is 16.6. The molecule has 1 aliphatic rings. The van der Waals surface area contributed by atoms with Crippen LogP contribution in [0.15, 0.2) is 48.5 Å². The van der Waals surface area contributed by atoms with Gasteiger partial charge < -0.3 is 16.0 Å². The Morgan fingerprint density at radius 1 is 1.23 bits per heavy atom. The van der Waals surface area contributed by atoms with Crippen LogP contribution in [0.25, 0.3) is 0 Å². The third kappa shape index (κ3) is 4.58. The maximum Gasteiger partial charge on any atom is 0.293 e. The summed E-state index contributed by atoms with van der Waals surface area (Å²) in [6, 6.07) is 14.4. The molecule has 1 saturated heterocycles. The highest BCUT2D eigenvalue weighted by Gasteiger charge is 2.19. The fourth-order valence-corrected chi connectivity index (χ4v) is 3.02. The Morgan fingerprint density at radius 2 is 2.04 bits per heavy atom. The molecule has 2 aromatic rings. The van der Waals surface area contributed by atoms with Gasteiger partial charge in [-0.25, -0.2) is 0 Å². The van der Waals surface area contributed by atoms with Crippen LogP contribution in [-0.4, -0.2) is 30.0 Å². The molecule has 3 rings (SSSR count). The first kappa shape index (κ1) is 17.9. The fraction of sp³-hybridized carbons (Fsp3) is 0.316. The third-order valence-electron chi connectivity index (χ3n) is 4.45. The Hall–Kier alpha value is -2.93. The SMILES string of the molecule is O=C(NCC1CCCN1)c1ccc(NCc2ccccc2)c([N+](=O)[O-])c1. The summed E-state index contributed by atoms with van der Waals surface area (Å²) in [5, 5.41) is 20.6. The molecule has 3 N–H and O–H groups in total. The topological polar surface area (TPSA) is 96.3 Å². The van der Waals surface area contributed by atoms with Gasteiger partial charge in [-0.2, -0.15) is 0 Å². The number of nitro benzene ring substituents is 1. The van der Waals surface area contributed by atoms with Gasteiger partial charge in [-0.3, -0.25) is 14.9 Å². The van der Waals surface area contributed by atoms with Crippen molar-refractivity contribution in [2.24, 2.45) is 0 Å². The molecular formula is C19H22N4O3. The highest BCUT2D eigenvalue weighted by Crippen LogP contribution is 2.26. The van der Waals surface area contributed by atoms with Crippen LogP contribution in [0.5, 0.6) is 0 Å². The van der Waals surface area contributed by atoms with Crippen molar-refractivity contribution in [2.45, 2.75) is 25.4 Å². The molecule has 7 heteroatoms. The summed E-state index contributed by atoms with van der Waals surface area (Å²) < 4.78 is 0. The van der Waals surface area contributed by atoms with Gasteiger partial charge in [-0.15, -0.1) is 0 Å². The number of hydrogen-bond donors (Lipinski definition) is 3. The normalized spacial score (nSPS) is 16.2. The first-order chi connectivity index (χ1) is 12.6. The number of rotatable bonds is 7. The van der Waals surface area contributed by atoms with Crippen molar-refractivity contribution in [1.82, 2.24) is 10.6 Å². The lowest BCUT2D eigenvalue weighted by Gasteiger charge is -2.12. The van der Waals surface area contributed by atoms with E-state index in [2.05, 4.69) is 16.0 Å². The first-order valence-electron chi connectivity index (χ1n) is 8.71. The summed E-state index contributed by atoms with van der Waals surface area (Å²) in [6.07, 6.45) is 2.14. The summed E-state index contributed by atoms with van der Waals surface area (Å²) >= 11 is 0. The number of anilines is 1. The minimum absolute atomic E-state index is 0.104. The van der Waals surface area contributed by atoms with E-state index in [1.165, 1.54) is 6.07 Å². The third-order valence-corrected chi connectivity index (χ3v) is 4.45. The van der Waals surface area contributed by atoms with Gasteiger partial charge in [-0.1, -0.05) is 30.3 Å². The van der Waals surface area contributed by atoms with Gasteiger partial charge in [0.1, 0.15) is 5.69 Å². The predicted octanol–water partition coefficient (Wildman–Crippen LogP) is 2.69. The molecule has 1 atom stereocenters. The Morgan fingerprint density at radius 3 is 2.73 bits per heavy atom. The van der Waals surface area contributed by atoms with E-state index in [0.717, 1.165) is 24.9 Å². The number of nitro groups is 1. The number of benzene rings is 2. The first-order valence-corrected chi connectivity index (χ1v) is 8.71. The molecule has 0 aromatic heterocycles. The van der Waals surface area contributed by atoms with E-state index in [9.17, 15) is 14.9 Å². The summed E-state index contributed by atoms with van der Waals surface area (Å²) in [7, 11) is 0. The van der Waals surface area contributed by atoms with Crippen LogP contribution in [0.1, 0.15) is 28.8 Å². The van der Waals surface area contributed by atoms with Crippen LogP contribution >= 0.6 is 0 Å². The maximum atomic E-state index is 12.3. The minimum atomic E-state index is -0.470. The van der Waals surface area contributed by atoms with Crippen LogP contribution < -0.4 is 16.0 Å². The van der Waals surface area contributed by atoms with Crippen molar-refractivity contribution < 1.29 is 9.72 Å². The number of amides is 1. The largest absolute Gasteiger partial charge is 0.375 e. The second-order valence-corrected chi connectivity index (χ2v) is 6.33. The maximum absolute atomic E-state index is 12.3. The molecule has 1 fully saturated rings. The second-order valence-electron chi connectivity index (χ2n) is 6.33. The lowest BCUT2D eigenvalue weighted by Crippen LogP contribution is -2.37. The van der Waals surface area contributed by atoms with Crippen molar-refractivity contribution in [1.29, 1.82) is 0 Å². The van der Waals surface area contributed by atoms with Gasteiger partial charge in [0, 0.05) is 30.8 Å². The van der Waals surface area contributed by atoms with Gasteiger partial charge in [0.25, 0.3) is 11.6 Å². The van der Waals surface area contributed by atoms with Gasteiger partial charge in [0.15, 0.2) is 0 Å². The minimum Gasteiger partial charge on any atom is -0.375 e. The molecule has 1 heterocycles. The smallest absolute Gasteiger partial charge is 0.293 e. The highest BCUT2D eigenvalue weighted by molar-refractivity contribution is 5.95. The van der Waals surface area contributed by atoms with E-state index in [1.54, 1.807) is 12.1 Å². The van der Waals surface area contributed by atoms with E-state index in [0.29, 0.717) is 24.3 Å². The van der Waals surface area contributed by atoms with Gasteiger partial charge >= 0.3 is 0 Å². The molecule has 1 amide bonds. The number of carbonyl (C=O) groups excluding carboxylic acids is 1. The molecule has 0 radical (unpaired) electrons. The molecule has 0 saturated carbocycles. The predicted molar refractivity (Wildman–Crippen MR) is 100 cm³/mol. The average molecular weight is 354 g/mol. The molecular weight excluding hydrogens is 332 g/mol. The van der Waals surface area contributed by atoms with Crippen LogP contribution in [0, 0.1) is 10.1 Å². The zero-order valence-corrected chi connectivity index (χ0v) is 14.4. The molecule has 0 bridgehead atoms. The lowest BCUT2D eigenvalue weighted by molar-refractivity contribution is -0.384. The molecule has 0 aliphatic carbocycles. The monoisotopic (exact) mass is 354 g/mol. The summed E-state index contributed by atoms with van der Waals surface area (Å²) in [5.74, 6) is -0.295. The quantitative estimate of drug-likeness (QED) is 0.525. The van der Waals surface area contributed by atoms with Crippen LogP contribution in [0.4, 0.5) is 11.4 Å². The lowest BCUT2D eigenvalue weighted by atomic mass is 10.1. The molecule has 1 unspecified atom stereocenters. The molecule has 136 valence electrons. The Bertz CT molecular complexity index is 774. The van der Waals surface area contributed by atoms with Gasteiger partial charge in [0.05, 0.1) is 4.92 Å². The zero-order valence-electron chi connectivity index (χ0n) is 14.4. The number of hydrogen-bond acceptors (Lipinski definition) is 5. The van der Waals surface area contributed by atoms with E-state index >= 15 is 0 Å². The van der Waals surface area contributed by atoms with E-state index in [1.807, 2.05) is 30.3 Å². The van der Waals surface area contributed by atoms with Crippen LogP contribution in [-0.2, 0) is 6.54 Å². The summed E-state index contributed by atoms with van der Waals surface area (Å²) in [6.45, 7) is 1.97. The van der Waals surface area contributed by atoms with Crippen LogP contribution in [0.3, 0.4) is 0 Å². The van der Waals surface area contributed by atoms with Crippen molar-refractivity contribution in [3.05, 3.63) is 69.8 Å². The van der Waals surface area contributed by atoms with Crippen molar-refractivity contribution >= 4 is 17.3 Å². The molecule has 0 spiro atoms. The zero-order chi connectivity index (χ0) is 18.4. The molecule has 2 aromatic carbocycles. The number of nitrogens with zero attached hydrogens (tertiary/aromatic N) is 1. The summed E-state index contributed by atoms with van der Waals surface area (Å²) in [4.78, 5) is 23.2. The number of carbonyl (C=O) groups is 1. The summed E-state index contributed by atoms with van der Waals surface area (Å²) in [5.41, 5.74) is 1.60. The molecule has 7 nitrogen and oxygen atoms in total. The van der Waals surface area contributed by atoms with Crippen molar-refractivity contribution in [3.63, 3.8) is 0 Å². The van der Waals surface area contributed by atoms with Crippen LogP contribution in [0.2, 0.25) is 0 Å². The van der Waals surface area contributed by atoms with Crippen molar-refractivity contribution in [3.8, 4) is 0 Å². The Labute approximate surface area is 152 Å². The average Bonchev–Trinajstić information content (AvgIpc) is 3.18. The fourth-order valence-electron chi connectivity index (χ4n) is 3.02. The standard InChI is InChI=1S/C19H22N4O3/c24-19(22-13-16-7-4-10-20-16)15-8-9-17(18(11-15)23(25)26)21-12-14-5-2-1-3-6-14/h1-3,5-6,8-9,11,16,20-21H,4,7,10,12-13H2,(H,22,24). The molecule has 1 aliphatic heterocycles. The van der Waals surface area contributed by atoms with E-state index in [-0.39, 0.29) is 17.6 Å². The van der Waals surface area contributed by atoms with E-state index < -0.39 is 4.92 Å². The van der Waals surface area contributed by atoms with E-state index in [4.69, 9.17) is 0 Å².